The van der Waals surface area contributed by atoms with Crippen LogP contribution < -0.4 is 0 Å². The Kier molecular flexibility index (Phi) is 4.81. The molecule has 0 spiro atoms. The Bertz CT molecular complexity index is 470. The van der Waals surface area contributed by atoms with E-state index < -0.39 is 5.97 Å². The zero-order valence-electron chi connectivity index (χ0n) is 12.7. The molecule has 1 aliphatic rings. The minimum Gasteiger partial charge on any atom is -0.481 e. The molecule has 0 amide bonds. The summed E-state index contributed by atoms with van der Waals surface area (Å²) in [6.45, 7) is 7.22. The maximum atomic E-state index is 10.9. The summed E-state index contributed by atoms with van der Waals surface area (Å²) < 4.78 is 0. The first-order valence-corrected chi connectivity index (χ1v) is 7.57. The van der Waals surface area contributed by atoms with E-state index in [0.29, 0.717) is 24.5 Å². The van der Waals surface area contributed by atoms with E-state index in [2.05, 4.69) is 49.9 Å². The van der Waals surface area contributed by atoms with Crippen LogP contribution in [0.15, 0.2) is 24.3 Å². The molecule has 0 fully saturated rings. The van der Waals surface area contributed by atoms with Crippen molar-refractivity contribution in [2.45, 2.75) is 58.0 Å². The van der Waals surface area contributed by atoms with E-state index in [-0.39, 0.29) is 6.42 Å². The fourth-order valence-corrected chi connectivity index (χ4v) is 3.33. The summed E-state index contributed by atoms with van der Waals surface area (Å²) in [4.78, 5) is 13.2. The fraction of sp³-hybridized carbons (Fsp3) is 0.588. The van der Waals surface area contributed by atoms with Crippen LogP contribution in [0.5, 0.6) is 0 Å². The number of carbonyl (C=O) groups is 1. The Hall–Kier alpha value is -1.35. The van der Waals surface area contributed by atoms with Gasteiger partial charge in [-0.2, -0.15) is 0 Å². The van der Waals surface area contributed by atoms with Crippen LogP contribution >= 0.6 is 0 Å². The largest absolute Gasteiger partial charge is 0.481 e. The first-order chi connectivity index (χ1) is 9.50. The van der Waals surface area contributed by atoms with Crippen molar-refractivity contribution in [1.82, 2.24) is 4.90 Å². The molecule has 2 atom stereocenters. The molecule has 0 heterocycles. The minimum absolute atomic E-state index is 0.215. The van der Waals surface area contributed by atoms with Crippen molar-refractivity contribution >= 4 is 5.97 Å². The third-order valence-corrected chi connectivity index (χ3v) is 4.41. The third-order valence-electron chi connectivity index (χ3n) is 4.41. The zero-order valence-corrected chi connectivity index (χ0v) is 12.7. The van der Waals surface area contributed by atoms with Gasteiger partial charge in [0.1, 0.15) is 0 Å². The number of nitrogens with zero attached hydrogens (tertiary/aromatic N) is 1. The van der Waals surface area contributed by atoms with E-state index in [4.69, 9.17) is 5.11 Å². The van der Waals surface area contributed by atoms with Crippen molar-refractivity contribution < 1.29 is 9.90 Å². The van der Waals surface area contributed by atoms with Gasteiger partial charge in [0, 0.05) is 18.6 Å². The van der Waals surface area contributed by atoms with Crippen LogP contribution in [-0.4, -0.2) is 28.6 Å². The number of fused-ring (bicyclic) bond motifs is 1. The molecular weight excluding hydrogens is 250 g/mol. The summed E-state index contributed by atoms with van der Waals surface area (Å²) in [6.07, 6.45) is 2.51. The smallest absolute Gasteiger partial charge is 0.304 e. The molecule has 2 rings (SSSR count). The summed E-state index contributed by atoms with van der Waals surface area (Å²) in [5, 5.41) is 8.95. The maximum Gasteiger partial charge on any atom is 0.304 e. The van der Waals surface area contributed by atoms with Gasteiger partial charge in [-0.3, -0.25) is 9.69 Å². The molecule has 110 valence electrons. The first-order valence-electron chi connectivity index (χ1n) is 7.57. The molecule has 20 heavy (non-hydrogen) atoms. The number of hydrogen-bond donors (Lipinski definition) is 1. The topological polar surface area (TPSA) is 40.5 Å². The predicted octanol–water partition coefficient (Wildman–Crippen LogP) is 3.81. The molecule has 1 N–H and O–H groups in total. The quantitative estimate of drug-likeness (QED) is 0.888. The number of carboxylic acid groups (broad SMARTS) is 1. The molecule has 3 heteroatoms. The maximum absolute atomic E-state index is 10.9. The molecule has 1 aliphatic carbocycles. The Morgan fingerprint density at radius 2 is 1.95 bits per heavy atom. The van der Waals surface area contributed by atoms with E-state index in [1.165, 1.54) is 17.5 Å². The highest BCUT2D eigenvalue weighted by atomic mass is 16.4. The SMILES string of the molecule is CC1CCC(N(CCC(=O)O)C(C)C)c2ccccc21. The Labute approximate surface area is 121 Å². The highest BCUT2D eigenvalue weighted by Crippen LogP contribution is 2.40. The molecule has 0 radical (unpaired) electrons. The van der Waals surface area contributed by atoms with E-state index in [0.717, 1.165) is 6.42 Å². The summed E-state index contributed by atoms with van der Waals surface area (Å²) in [6, 6.07) is 9.37. The highest BCUT2D eigenvalue weighted by Gasteiger charge is 2.30. The molecule has 0 bridgehead atoms. The third kappa shape index (κ3) is 3.21. The van der Waals surface area contributed by atoms with Crippen molar-refractivity contribution in [2.75, 3.05) is 6.54 Å². The molecule has 0 saturated carbocycles. The summed E-state index contributed by atoms with van der Waals surface area (Å²) >= 11 is 0. The summed E-state index contributed by atoms with van der Waals surface area (Å²) in [5.41, 5.74) is 2.83. The van der Waals surface area contributed by atoms with Crippen LogP contribution in [0.3, 0.4) is 0 Å². The van der Waals surface area contributed by atoms with Crippen LogP contribution in [0, 0.1) is 0 Å². The minimum atomic E-state index is -0.715. The molecule has 1 aromatic rings. The number of benzene rings is 1. The number of rotatable bonds is 5. The van der Waals surface area contributed by atoms with Crippen molar-refractivity contribution in [3.05, 3.63) is 35.4 Å². The van der Waals surface area contributed by atoms with Crippen LogP contribution in [-0.2, 0) is 4.79 Å². The molecule has 0 aliphatic heterocycles. The average Bonchev–Trinajstić information content (AvgIpc) is 2.41. The van der Waals surface area contributed by atoms with Crippen molar-refractivity contribution in [3.8, 4) is 0 Å². The molecule has 3 nitrogen and oxygen atoms in total. The normalized spacial score (nSPS) is 22.1. The van der Waals surface area contributed by atoms with E-state index >= 15 is 0 Å². The van der Waals surface area contributed by atoms with Crippen molar-refractivity contribution in [2.24, 2.45) is 0 Å². The molecule has 0 saturated heterocycles. The van der Waals surface area contributed by atoms with Gasteiger partial charge in [-0.1, -0.05) is 31.2 Å². The fourth-order valence-electron chi connectivity index (χ4n) is 3.33. The lowest BCUT2D eigenvalue weighted by molar-refractivity contribution is -0.137. The number of aliphatic carboxylic acids is 1. The van der Waals surface area contributed by atoms with Gasteiger partial charge in [-0.15, -0.1) is 0 Å². The second-order valence-corrected chi connectivity index (χ2v) is 6.10. The molecule has 0 aromatic heterocycles. The second-order valence-electron chi connectivity index (χ2n) is 6.10. The molecule has 1 aromatic carbocycles. The molecule has 2 unspecified atom stereocenters. The lowest BCUT2D eigenvalue weighted by Gasteiger charge is -2.40. The van der Waals surface area contributed by atoms with Crippen molar-refractivity contribution in [3.63, 3.8) is 0 Å². The Morgan fingerprint density at radius 3 is 2.55 bits per heavy atom. The van der Waals surface area contributed by atoms with Gasteiger partial charge in [-0.25, -0.2) is 0 Å². The molecular formula is C17H25NO2. The zero-order chi connectivity index (χ0) is 14.7. The first kappa shape index (κ1) is 15.0. The lowest BCUT2D eigenvalue weighted by atomic mass is 9.80. The average molecular weight is 275 g/mol. The van der Waals surface area contributed by atoms with Crippen LogP contribution in [0.1, 0.15) is 63.1 Å². The number of carboxylic acids is 1. The predicted molar refractivity (Wildman–Crippen MR) is 80.9 cm³/mol. The standard InChI is InChI=1S/C17H25NO2/c1-12(2)18(11-10-17(19)20)16-9-8-13(3)14-6-4-5-7-15(14)16/h4-7,12-13,16H,8-11H2,1-3H3,(H,19,20). The van der Waals surface area contributed by atoms with Gasteiger partial charge in [0.15, 0.2) is 0 Å². The van der Waals surface area contributed by atoms with Crippen LogP contribution in [0.2, 0.25) is 0 Å². The van der Waals surface area contributed by atoms with E-state index in [1.54, 1.807) is 0 Å². The monoisotopic (exact) mass is 275 g/mol. The summed E-state index contributed by atoms with van der Waals surface area (Å²) in [5.74, 6) is -0.107. The lowest BCUT2D eigenvalue weighted by Crippen LogP contribution is -2.38. The van der Waals surface area contributed by atoms with Gasteiger partial charge in [-0.05, 0) is 43.7 Å². The van der Waals surface area contributed by atoms with Gasteiger partial charge in [0.05, 0.1) is 6.42 Å². The van der Waals surface area contributed by atoms with Crippen LogP contribution in [0.4, 0.5) is 0 Å². The van der Waals surface area contributed by atoms with Gasteiger partial charge < -0.3 is 5.11 Å². The Morgan fingerprint density at radius 1 is 1.30 bits per heavy atom. The van der Waals surface area contributed by atoms with Gasteiger partial charge >= 0.3 is 5.97 Å². The van der Waals surface area contributed by atoms with Crippen molar-refractivity contribution in [1.29, 1.82) is 0 Å². The second kappa shape index (κ2) is 6.40. The van der Waals surface area contributed by atoms with Gasteiger partial charge in [0.25, 0.3) is 0 Å². The van der Waals surface area contributed by atoms with Gasteiger partial charge in [0.2, 0.25) is 0 Å². The van der Waals surface area contributed by atoms with Crippen LogP contribution in [0.25, 0.3) is 0 Å². The summed E-state index contributed by atoms with van der Waals surface area (Å²) in [7, 11) is 0. The highest BCUT2D eigenvalue weighted by molar-refractivity contribution is 5.66. The Balaban J connectivity index is 2.26. The van der Waals surface area contributed by atoms with E-state index in [1.807, 2.05) is 0 Å². The van der Waals surface area contributed by atoms with E-state index in [9.17, 15) is 4.79 Å². The number of hydrogen-bond acceptors (Lipinski definition) is 2.